The van der Waals surface area contributed by atoms with E-state index >= 15 is 0 Å². The zero-order chi connectivity index (χ0) is 22.0. The van der Waals surface area contributed by atoms with Crippen molar-refractivity contribution in [3.05, 3.63) is 38.6 Å². The number of hydrogen-bond acceptors (Lipinski definition) is 7. The average Bonchev–Trinajstić information content (AvgIpc) is 3.10. The van der Waals surface area contributed by atoms with Crippen molar-refractivity contribution in [2.75, 3.05) is 43.2 Å². The van der Waals surface area contributed by atoms with E-state index in [-0.39, 0.29) is 25.7 Å². The molecule has 2 aliphatic heterocycles. The number of carbonyl (C=O) groups is 3. The Morgan fingerprint density at radius 1 is 1.16 bits per heavy atom. The molecule has 1 aromatic heterocycles. The molecule has 0 unspecified atom stereocenters. The van der Waals surface area contributed by atoms with Crippen LogP contribution < -0.4 is 20.3 Å². The highest BCUT2D eigenvalue weighted by Crippen LogP contribution is 2.31. The minimum absolute atomic E-state index is 0.0314. The Hall–Kier alpha value is -1.99. The second kappa shape index (κ2) is 9.25. The van der Waals surface area contributed by atoms with Crippen LogP contribution in [0.25, 0.3) is 0 Å². The molecule has 0 radical (unpaired) electrons. The van der Waals surface area contributed by atoms with Gasteiger partial charge in [-0.2, -0.15) is 0 Å². The van der Waals surface area contributed by atoms with E-state index in [0.717, 1.165) is 3.79 Å². The summed E-state index contributed by atoms with van der Waals surface area (Å²) in [4.78, 5) is 38.8. The van der Waals surface area contributed by atoms with Gasteiger partial charge in [-0.05, 0) is 62.2 Å². The molecule has 3 heterocycles. The number of halogens is 2. The highest BCUT2D eigenvalue weighted by molar-refractivity contribution is 9.11. The van der Waals surface area contributed by atoms with Gasteiger partial charge >= 0.3 is 6.09 Å². The van der Waals surface area contributed by atoms with Gasteiger partial charge in [0.25, 0.3) is 11.8 Å². The molecule has 3 amide bonds. The minimum Gasteiger partial charge on any atom is -0.399 e. The van der Waals surface area contributed by atoms with Crippen molar-refractivity contribution in [3.8, 4) is 5.06 Å². The first-order valence-corrected chi connectivity index (χ1v) is 11.6. The summed E-state index contributed by atoms with van der Waals surface area (Å²) >= 11 is 8.01. The number of benzene rings is 1. The maximum atomic E-state index is 12.9. The number of rotatable bonds is 5. The third kappa shape index (κ3) is 4.93. The van der Waals surface area contributed by atoms with E-state index in [1.165, 1.54) is 11.3 Å². The Labute approximate surface area is 198 Å². The van der Waals surface area contributed by atoms with Gasteiger partial charge in [0.15, 0.2) is 10.6 Å². The number of anilines is 2. The van der Waals surface area contributed by atoms with Gasteiger partial charge in [0.2, 0.25) is 0 Å². The number of thiophene rings is 1. The van der Waals surface area contributed by atoms with Gasteiger partial charge in [-0.1, -0.05) is 11.3 Å². The SMILES string of the molecule is O=C(NC1(C(=O)Nc2ccc(N3CCOCC3=O)c(Br)c2)COC1)Oc1ccc(Br)s1. The van der Waals surface area contributed by atoms with Crippen molar-refractivity contribution in [1.82, 2.24) is 5.32 Å². The van der Waals surface area contributed by atoms with Crippen molar-refractivity contribution in [2.45, 2.75) is 5.54 Å². The number of hydrogen-bond donors (Lipinski definition) is 2. The Morgan fingerprint density at radius 2 is 1.97 bits per heavy atom. The van der Waals surface area contributed by atoms with Crippen molar-refractivity contribution < 1.29 is 28.6 Å². The number of nitrogens with zero attached hydrogens (tertiary/aromatic N) is 1. The molecule has 0 atom stereocenters. The summed E-state index contributed by atoms with van der Waals surface area (Å²) in [7, 11) is 0. The highest BCUT2D eigenvalue weighted by Gasteiger charge is 2.48. The minimum atomic E-state index is -1.23. The summed E-state index contributed by atoms with van der Waals surface area (Å²) in [6, 6.07) is 8.54. The Balaban J connectivity index is 1.42. The summed E-state index contributed by atoms with van der Waals surface area (Å²) in [5.74, 6) is -0.556. The standard InChI is InChI=1S/C19H17Br2N3O6S/c20-12-7-11(1-2-13(12)24-5-6-28-8-15(24)25)22-17(26)19(9-29-10-19)23-18(27)30-16-4-3-14(21)31-16/h1-4,7H,5-6,8-10H2,(H,22,26)(H,23,27). The van der Waals surface area contributed by atoms with Gasteiger partial charge in [-0.15, -0.1) is 0 Å². The van der Waals surface area contributed by atoms with E-state index in [9.17, 15) is 14.4 Å². The van der Waals surface area contributed by atoms with Crippen molar-refractivity contribution in [1.29, 1.82) is 0 Å². The summed E-state index contributed by atoms with van der Waals surface area (Å²) in [5.41, 5.74) is -0.0292. The molecule has 2 aromatic rings. The van der Waals surface area contributed by atoms with Crippen LogP contribution in [-0.2, 0) is 19.1 Å². The molecular weight excluding hydrogens is 558 g/mol. The second-order valence-corrected chi connectivity index (χ2v) is 10.1. The number of morpholine rings is 1. The number of carbonyl (C=O) groups excluding carboxylic acids is 3. The van der Waals surface area contributed by atoms with Crippen molar-refractivity contribution >= 4 is 72.5 Å². The van der Waals surface area contributed by atoms with Gasteiger partial charge in [-0.25, -0.2) is 4.79 Å². The largest absolute Gasteiger partial charge is 0.414 e. The summed E-state index contributed by atoms with van der Waals surface area (Å²) < 4.78 is 17.0. The highest BCUT2D eigenvalue weighted by atomic mass is 79.9. The Kier molecular flexibility index (Phi) is 6.63. The van der Waals surface area contributed by atoms with Crippen molar-refractivity contribution in [3.63, 3.8) is 0 Å². The van der Waals surface area contributed by atoms with Crippen LogP contribution in [0, 0.1) is 0 Å². The molecule has 0 bridgehead atoms. The average molecular weight is 575 g/mol. The topological polar surface area (TPSA) is 106 Å². The lowest BCUT2D eigenvalue weighted by molar-refractivity contribution is -0.141. The maximum absolute atomic E-state index is 12.9. The van der Waals surface area contributed by atoms with Gasteiger partial charge in [-0.3, -0.25) is 9.59 Å². The molecule has 0 aliphatic carbocycles. The molecule has 31 heavy (non-hydrogen) atoms. The molecule has 164 valence electrons. The molecule has 1 aromatic carbocycles. The van der Waals surface area contributed by atoms with E-state index in [4.69, 9.17) is 14.2 Å². The van der Waals surface area contributed by atoms with Gasteiger partial charge < -0.3 is 29.7 Å². The molecule has 0 spiro atoms. The fraction of sp³-hybridized carbons (Fsp3) is 0.316. The van der Waals surface area contributed by atoms with E-state index in [0.29, 0.717) is 34.1 Å². The number of nitrogens with one attached hydrogen (secondary N) is 2. The van der Waals surface area contributed by atoms with E-state index < -0.39 is 17.5 Å². The zero-order valence-electron chi connectivity index (χ0n) is 16.0. The first kappa shape index (κ1) is 22.2. The number of amides is 3. The third-order valence-electron chi connectivity index (χ3n) is 4.70. The lowest BCUT2D eigenvalue weighted by Gasteiger charge is -2.39. The summed E-state index contributed by atoms with van der Waals surface area (Å²) in [6.07, 6.45) is -0.741. The van der Waals surface area contributed by atoms with Crippen LogP contribution in [0.2, 0.25) is 0 Å². The smallest absolute Gasteiger partial charge is 0.399 e. The second-order valence-electron chi connectivity index (χ2n) is 6.87. The predicted molar refractivity (Wildman–Crippen MR) is 121 cm³/mol. The van der Waals surface area contributed by atoms with Crippen molar-refractivity contribution in [2.24, 2.45) is 0 Å². The van der Waals surface area contributed by atoms with E-state index in [1.807, 2.05) is 0 Å². The molecule has 2 N–H and O–H groups in total. The van der Waals surface area contributed by atoms with Gasteiger partial charge in [0.05, 0.1) is 29.3 Å². The van der Waals surface area contributed by atoms with Crippen LogP contribution >= 0.6 is 43.2 Å². The summed E-state index contributed by atoms with van der Waals surface area (Å²) in [6.45, 7) is 1.02. The fourth-order valence-corrected chi connectivity index (χ4v) is 4.84. The first-order valence-electron chi connectivity index (χ1n) is 9.18. The molecule has 0 saturated carbocycles. The molecule has 4 rings (SSSR count). The molecule has 2 aliphatic rings. The lowest BCUT2D eigenvalue weighted by atomic mass is 9.96. The normalized spacial score (nSPS) is 17.6. The molecular formula is C19H17Br2N3O6S. The lowest BCUT2D eigenvalue weighted by Crippen LogP contribution is -2.69. The van der Waals surface area contributed by atoms with Gasteiger partial charge in [0.1, 0.15) is 6.61 Å². The molecule has 12 heteroatoms. The monoisotopic (exact) mass is 573 g/mol. The maximum Gasteiger partial charge on any atom is 0.414 e. The number of ether oxygens (including phenoxy) is 3. The molecule has 2 saturated heterocycles. The predicted octanol–water partition coefficient (Wildman–Crippen LogP) is 3.13. The van der Waals surface area contributed by atoms with E-state index in [1.54, 1.807) is 35.2 Å². The fourth-order valence-electron chi connectivity index (χ4n) is 3.06. The quantitative estimate of drug-likeness (QED) is 0.568. The van der Waals surface area contributed by atoms with Crippen LogP contribution in [0.4, 0.5) is 16.2 Å². The molecule has 9 nitrogen and oxygen atoms in total. The zero-order valence-corrected chi connectivity index (χ0v) is 20.0. The third-order valence-corrected chi connectivity index (χ3v) is 6.83. The Bertz CT molecular complexity index is 1030. The van der Waals surface area contributed by atoms with Gasteiger partial charge in [0, 0.05) is 16.7 Å². The van der Waals surface area contributed by atoms with Crippen LogP contribution in [0.1, 0.15) is 0 Å². The van der Waals surface area contributed by atoms with Crippen LogP contribution in [0.5, 0.6) is 5.06 Å². The van der Waals surface area contributed by atoms with Crippen LogP contribution in [-0.4, -0.2) is 56.4 Å². The van der Waals surface area contributed by atoms with E-state index in [2.05, 4.69) is 42.5 Å². The van der Waals surface area contributed by atoms with Crippen LogP contribution in [0.15, 0.2) is 38.6 Å². The molecule has 2 fully saturated rings. The Morgan fingerprint density at radius 3 is 2.58 bits per heavy atom. The summed E-state index contributed by atoms with van der Waals surface area (Å²) in [5, 5.41) is 5.79. The first-order chi connectivity index (χ1) is 14.9. The van der Waals surface area contributed by atoms with Crippen LogP contribution in [0.3, 0.4) is 0 Å².